The molecule has 0 aliphatic carbocycles. The Kier molecular flexibility index (Phi) is 4.29. The molecule has 0 amide bonds. The monoisotopic (exact) mass is 335 g/mol. The second-order valence-electron chi connectivity index (χ2n) is 6.44. The number of benzene rings is 1. The van der Waals surface area contributed by atoms with Crippen LogP contribution in [0.25, 0.3) is 11.0 Å². The largest absolute Gasteiger partial charge is 0.423 e. The molecule has 124 valence electrons. The summed E-state index contributed by atoms with van der Waals surface area (Å²) in [6, 6.07) is 7.51. The number of rotatable bonds is 3. The van der Waals surface area contributed by atoms with Gasteiger partial charge in [-0.15, -0.1) is 0 Å². The summed E-state index contributed by atoms with van der Waals surface area (Å²) in [5.74, 6) is 1.18. The molecule has 0 radical (unpaired) electrons. The van der Waals surface area contributed by atoms with Gasteiger partial charge in [0.15, 0.2) is 0 Å². The van der Waals surface area contributed by atoms with E-state index in [4.69, 9.17) is 4.42 Å². The molecule has 2 aromatic rings. The molecule has 0 spiro atoms. The van der Waals surface area contributed by atoms with Crippen molar-refractivity contribution in [3.63, 3.8) is 0 Å². The Morgan fingerprint density at radius 1 is 1.13 bits per heavy atom. The van der Waals surface area contributed by atoms with E-state index < -0.39 is 15.6 Å². The molecule has 5 nitrogen and oxygen atoms in total. The second kappa shape index (κ2) is 6.09. The van der Waals surface area contributed by atoms with Crippen LogP contribution >= 0.6 is 0 Å². The average Bonchev–Trinajstić information content (AvgIpc) is 2.54. The summed E-state index contributed by atoms with van der Waals surface area (Å²) in [5.41, 5.74) is -0.0427. The zero-order valence-corrected chi connectivity index (χ0v) is 14.2. The van der Waals surface area contributed by atoms with Crippen LogP contribution in [0.2, 0.25) is 0 Å². The van der Waals surface area contributed by atoms with Crippen LogP contribution in [-0.4, -0.2) is 25.8 Å². The Hall–Kier alpha value is -1.66. The molecule has 0 atom stereocenters. The SMILES string of the molecule is CC(C)C1CCN(S(=O)(=O)c2ccc3oc(=O)ccc3c2)CC1. The summed E-state index contributed by atoms with van der Waals surface area (Å²) >= 11 is 0. The Balaban J connectivity index is 1.88. The van der Waals surface area contributed by atoms with Gasteiger partial charge in [0.05, 0.1) is 4.90 Å². The van der Waals surface area contributed by atoms with Crippen LogP contribution < -0.4 is 5.63 Å². The van der Waals surface area contributed by atoms with Gasteiger partial charge in [-0.3, -0.25) is 0 Å². The van der Waals surface area contributed by atoms with Crippen molar-refractivity contribution in [3.8, 4) is 0 Å². The smallest absolute Gasteiger partial charge is 0.336 e. The van der Waals surface area contributed by atoms with E-state index in [9.17, 15) is 13.2 Å². The maximum absolute atomic E-state index is 12.8. The molecule has 0 saturated carbocycles. The van der Waals surface area contributed by atoms with Crippen LogP contribution in [-0.2, 0) is 10.0 Å². The quantitative estimate of drug-likeness (QED) is 0.809. The molecule has 1 aliphatic heterocycles. The van der Waals surface area contributed by atoms with Gasteiger partial charge >= 0.3 is 5.63 Å². The van der Waals surface area contributed by atoms with Crippen molar-refractivity contribution in [2.24, 2.45) is 11.8 Å². The van der Waals surface area contributed by atoms with Crippen molar-refractivity contribution >= 4 is 21.0 Å². The first-order chi connectivity index (χ1) is 10.9. The lowest BCUT2D eigenvalue weighted by atomic mass is 9.87. The summed E-state index contributed by atoms with van der Waals surface area (Å²) in [6.45, 7) is 5.50. The number of nitrogens with zero attached hydrogens (tertiary/aromatic N) is 1. The fourth-order valence-electron chi connectivity index (χ4n) is 3.14. The third-order valence-corrected chi connectivity index (χ3v) is 6.56. The Bertz CT molecular complexity index is 862. The van der Waals surface area contributed by atoms with Crippen molar-refractivity contribution in [1.29, 1.82) is 0 Å². The number of piperidine rings is 1. The van der Waals surface area contributed by atoms with Crippen LogP contribution in [0.1, 0.15) is 26.7 Å². The van der Waals surface area contributed by atoms with Gasteiger partial charge < -0.3 is 4.42 Å². The van der Waals surface area contributed by atoms with Crippen LogP contribution in [0.5, 0.6) is 0 Å². The van der Waals surface area contributed by atoms with E-state index >= 15 is 0 Å². The molecule has 0 N–H and O–H groups in total. The van der Waals surface area contributed by atoms with Gasteiger partial charge in [-0.25, -0.2) is 13.2 Å². The van der Waals surface area contributed by atoms with E-state index in [1.54, 1.807) is 22.5 Å². The zero-order valence-electron chi connectivity index (χ0n) is 13.4. The minimum Gasteiger partial charge on any atom is -0.423 e. The maximum atomic E-state index is 12.8. The molecule has 23 heavy (non-hydrogen) atoms. The van der Waals surface area contributed by atoms with E-state index in [2.05, 4.69) is 13.8 Å². The van der Waals surface area contributed by atoms with E-state index in [1.807, 2.05) is 0 Å². The highest BCUT2D eigenvalue weighted by molar-refractivity contribution is 7.89. The lowest BCUT2D eigenvalue weighted by Gasteiger charge is -2.33. The predicted octanol–water partition coefficient (Wildman–Crippen LogP) is 2.85. The second-order valence-corrected chi connectivity index (χ2v) is 8.38. The fraction of sp³-hybridized carbons (Fsp3) is 0.471. The normalized spacial score (nSPS) is 17.9. The minimum atomic E-state index is -3.50. The van der Waals surface area contributed by atoms with Gasteiger partial charge in [0.1, 0.15) is 5.58 Å². The van der Waals surface area contributed by atoms with E-state index in [-0.39, 0.29) is 4.90 Å². The highest BCUT2D eigenvalue weighted by atomic mass is 32.2. The predicted molar refractivity (Wildman–Crippen MR) is 88.8 cm³/mol. The topological polar surface area (TPSA) is 67.6 Å². The first-order valence-electron chi connectivity index (χ1n) is 7.92. The first-order valence-corrected chi connectivity index (χ1v) is 9.36. The van der Waals surface area contributed by atoms with E-state index in [0.29, 0.717) is 35.9 Å². The highest BCUT2D eigenvalue weighted by Crippen LogP contribution is 2.29. The van der Waals surface area contributed by atoms with Crippen molar-refractivity contribution in [1.82, 2.24) is 4.31 Å². The molecule has 1 aromatic heterocycles. The third-order valence-electron chi connectivity index (χ3n) is 4.67. The zero-order chi connectivity index (χ0) is 16.6. The molecule has 0 bridgehead atoms. The molecule has 1 aromatic carbocycles. The molecule has 2 heterocycles. The van der Waals surface area contributed by atoms with Crippen LogP contribution in [0, 0.1) is 11.8 Å². The fourth-order valence-corrected chi connectivity index (χ4v) is 4.65. The van der Waals surface area contributed by atoms with E-state index in [1.165, 1.54) is 12.1 Å². The molecular weight excluding hydrogens is 314 g/mol. The molecule has 3 rings (SSSR count). The van der Waals surface area contributed by atoms with Crippen molar-refractivity contribution in [3.05, 3.63) is 40.8 Å². The lowest BCUT2D eigenvalue weighted by molar-refractivity contribution is 0.226. The summed E-state index contributed by atoms with van der Waals surface area (Å²) in [6.07, 6.45) is 1.80. The summed E-state index contributed by atoms with van der Waals surface area (Å²) in [5, 5.41) is 0.614. The Morgan fingerprint density at radius 3 is 2.48 bits per heavy atom. The van der Waals surface area contributed by atoms with Gasteiger partial charge in [-0.05, 0) is 48.9 Å². The van der Waals surface area contributed by atoms with Crippen LogP contribution in [0.15, 0.2) is 44.4 Å². The standard InChI is InChI=1S/C17H21NO4S/c1-12(2)13-7-9-18(10-8-13)23(20,21)15-4-5-16-14(11-15)3-6-17(19)22-16/h3-6,11-13H,7-10H2,1-2H3. The average molecular weight is 335 g/mol. The van der Waals surface area contributed by atoms with Gasteiger partial charge in [-0.1, -0.05) is 13.8 Å². The molecule has 1 aliphatic rings. The minimum absolute atomic E-state index is 0.252. The Labute approximate surface area is 136 Å². The van der Waals surface area contributed by atoms with Crippen LogP contribution in [0.4, 0.5) is 0 Å². The summed E-state index contributed by atoms with van der Waals surface area (Å²) in [7, 11) is -3.50. The number of hydrogen-bond donors (Lipinski definition) is 0. The number of hydrogen-bond acceptors (Lipinski definition) is 4. The van der Waals surface area contributed by atoms with E-state index in [0.717, 1.165) is 12.8 Å². The van der Waals surface area contributed by atoms with Crippen LogP contribution in [0.3, 0.4) is 0 Å². The molecule has 1 fully saturated rings. The summed E-state index contributed by atoms with van der Waals surface area (Å²) < 4.78 is 32.2. The first kappa shape index (κ1) is 16.2. The van der Waals surface area contributed by atoms with Crippen molar-refractivity contribution < 1.29 is 12.8 Å². The lowest BCUT2D eigenvalue weighted by Crippen LogP contribution is -2.39. The molecular formula is C17H21NO4S. The Morgan fingerprint density at radius 2 is 1.83 bits per heavy atom. The highest BCUT2D eigenvalue weighted by Gasteiger charge is 2.30. The van der Waals surface area contributed by atoms with Gasteiger partial charge in [0.25, 0.3) is 0 Å². The number of fused-ring (bicyclic) bond motifs is 1. The molecule has 6 heteroatoms. The molecule has 1 saturated heterocycles. The maximum Gasteiger partial charge on any atom is 0.336 e. The van der Waals surface area contributed by atoms with Gasteiger partial charge in [0.2, 0.25) is 10.0 Å². The van der Waals surface area contributed by atoms with Gasteiger partial charge in [-0.2, -0.15) is 4.31 Å². The van der Waals surface area contributed by atoms with Gasteiger partial charge in [0, 0.05) is 24.5 Å². The van der Waals surface area contributed by atoms with Crippen molar-refractivity contribution in [2.75, 3.05) is 13.1 Å². The van der Waals surface area contributed by atoms with Crippen molar-refractivity contribution in [2.45, 2.75) is 31.6 Å². The summed E-state index contributed by atoms with van der Waals surface area (Å²) in [4.78, 5) is 11.5. The third kappa shape index (κ3) is 3.19. The molecule has 0 unspecified atom stereocenters. The number of sulfonamides is 1.